The zero-order chi connectivity index (χ0) is 19.1. The van der Waals surface area contributed by atoms with Gasteiger partial charge in [0.25, 0.3) is 0 Å². The van der Waals surface area contributed by atoms with Crippen molar-refractivity contribution in [3.8, 4) is 5.75 Å². The van der Waals surface area contributed by atoms with E-state index in [-0.39, 0.29) is 5.91 Å². The van der Waals surface area contributed by atoms with Gasteiger partial charge >= 0.3 is 0 Å². The summed E-state index contributed by atoms with van der Waals surface area (Å²) in [6.07, 6.45) is 0. The maximum atomic E-state index is 11.9. The molecule has 0 saturated heterocycles. The molecular formula is C21H29N3O2. The van der Waals surface area contributed by atoms with Crippen LogP contribution in [0.25, 0.3) is 0 Å². The van der Waals surface area contributed by atoms with Crippen LogP contribution in [0.15, 0.2) is 36.4 Å². The number of hydrogen-bond donors (Lipinski definition) is 2. The number of carbonyl (C=O) groups is 1. The molecule has 0 spiro atoms. The van der Waals surface area contributed by atoms with Crippen LogP contribution in [0.1, 0.15) is 22.3 Å². The number of likely N-dealkylation sites (N-methyl/N-ethyl adjacent to an activating group) is 1. The predicted molar refractivity (Wildman–Crippen MR) is 107 cm³/mol. The molecule has 5 heteroatoms. The first-order chi connectivity index (χ1) is 12.4. The van der Waals surface area contributed by atoms with Crippen molar-refractivity contribution in [3.05, 3.63) is 58.7 Å². The molecule has 0 aromatic heterocycles. The SMILES string of the molecule is COc1c(C)cc(CNCc2cccc(NC(=O)CN(C)C)c2)cc1C. The standard InChI is InChI=1S/C21H29N3O2/c1-15-9-18(10-16(2)21(15)26-5)13-22-12-17-7-6-8-19(11-17)23-20(25)14-24(3)4/h6-11,22H,12-14H2,1-5H3,(H,23,25). The molecule has 1 amide bonds. The van der Waals surface area contributed by atoms with E-state index in [0.29, 0.717) is 6.54 Å². The van der Waals surface area contributed by atoms with E-state index in [0.717, 1.165) is 41.2 Å². The van der Waals surface area contributed by atoms with Gasteiger partial charge in [0.15, 0.2) is 0 Å². The number of rotatable bonds is 8. The monoisotopic (exact) mass is 355 g/mol. The van der Waals surface area contributed by atoms with Gasteiger partial charge in [-0.2, -0.15) is 0 Å². The fraction of sp³-hybridized carbons (Fsp3) is 0.381. The molecule has 0 heterocycles. The molecule has 2 aromatic rings. The Labute approximate surface area is 156 Å². The molecule has 0 atom stereocenters. The summed E-state index contributed by atoms with van der Waals surface area (Å²) < 4.78 is 5.42. The third-order valence-corrected chi connectivity index (χ3v) is 4.05. The van der Waals surface area contributed by atoms with Crippen molar-refractivity contribution in [1.29, 1.82) is 0 Å². The highest BCUT2D eigenvalue weighted by Gasteiger charge is 2.06. The van der Waals surface area contributed by atoms with Crippen LogP contribution in [-0.2, 0) is 17.9 Å². The van der Waals surface area contributed by atoms with Gasteiger partial charge in [-0.3, -0.25) is 4.79 Å². The Morgan fingerprint density at radius 2 is 1.69 bits per heavy atom. The van der Waals surface area contributed by atoms with Crippen molar-refractivity contribution in [2.24, 2.45) is 0 Å². The van der Waals surface area contributed by atoms with E-state index in [2.05, 4.69) is 42.7 Å². The topological polar surface area (TPSA) is 53.6 Å². The fourth-order valence-corrected chi connectivity index (χ4v) is 3.06. The van der Waals surface area contributed by atoms with Crippen molar-refractivity contribution in [1.82, 2.24) is 10.2 Å². The number of hydrogen-bond acceptors (Lipinski definition) is 4. The van der Waals surface area contributed by atoms with Crippen LogP contribution in [0.3, 0.4) is 0 Å². The maximum absolute atomic E-state index is 11.9. The summed E-state index contributed by atoms with van der Waals surface area (Å²) in [6, 6.07) is 12.2. The Morgan fingerprint density at radius 1 is 1.04 bits per heavy atom. The van der Waals surface area contributed by atoms with Gasteiger partial charge in [0.05, 0.1) is 13.7 Å². The molecule has 0 bridgehead atoms. The van der Waals surface area contributed by atoms with E-state index in [1.54, 1.807) is 7.11 Å². The van der Waals surface area contributed by atoms with E-state index in [1.807, 2.05) is 37.2 Å². The number of amides is 1. The van der Waals surface area contributed by atoms with E-state index >= 15 is 0 Å². The Hall–Kier alpha value is -2.37. The van der Waals surface area contributed by atoms with E-state index in [9.17, 15) is 4.79 Å². The lowest BCUT2D eigenvalue weighted by Crippen LogP contribution is -2.27. The quantitative estimate of drug-likeness (QED) is 0.764. The molecule has 2 rings (SSSR count). The number of benzene rings is 2. The van der Waals surface area contributed by atoms with E-state index in [1.165, 1.54) is 5.56 Å². The highest BCUT2D eigenvalue weighted by molar-refractivity contribution is 5.92. The summed E-state index contributed by atoms with van der Waals surface area (Å²) in [7, 11) is 5.46. The van der Waals surface area contributed by atoms with Gasteiger partial charge in [-0.05, 0) is 62.3 Å². The molecule has 0 aliphatic carbocycles. The van der Waals surface area contributed by atoms with Crippen LogP contribution in [-0.4, -0.2) is 38.6 Å². The van der Waals surface area contributed by atoms with Gasteiger partial charge in [0.2, 0.25) is 5.91 Å². The van der Waals surface area contributed by atoms with Crippen LogP contribution in [0, 0.1) is 13.8 Å². The highest BCUT2D eigenvalue weighted by atomic mass is 16.5. The third-order valence-electron chi connectivity index (χ3n) is 4.05. The molecule has 0 aliphatic rings. The van der Waals surface area contributed by atoms with Crippen LogP contribution >= 0.6 is 0 Å². The third kappa shape index (κ3) is 5.86. The lowest BCUT2D eigenvalue weighted by atomic mass is 10.1. The van der Waals surface area contributed by atoms with E-state index < -0.39 is 0 Å². The van der Waals surface area contributed by atoms with Crippen molar-refractivity contribution in [2.75, 3.05) is 33.1 Å². The summed E-state index contributed by atoms with van der Waals surface area (Å²) in [6.45, 7) is 6.02. The number of ether oxygens (including phenoxy) is 1. The van der Waals surface area contributed by atoms with E-state index in [4.69, 9.17) is 4.74 Å². The van der Waals surface area contributed by atoms with Crippen LogP contribution in [0.4, 0.5) is 5.69 Å². The van der Waals surface area contributed by atoms with Gasteiger partial charge in [0, 0.05) is 18.8 Å². The Kier molecular flexibility index (Phi) is 7.18. The van der Waals surface area contributed by atoms with Crippen LogP contribution in [0.2, 0.25) is 0 Å². The highest BCUT2D eigenvalue weighted by Crippen LogP contribution is 2.24. The second-order valence-corrected chi connectivity index (χ2v) is 6.85. The van der Waals surface area contributed by atoms with Gasteiger partial charge in [-0.15, -0.1) is 0 Å². The smallest absolute Gasteiger partial charge is 0.238 e. The molecule has 0 radical (unpaired) electrons. The summed E-state index contributed by atoms with van der Waals surface area (Å²) in [4.78, 5) is 13.7. The number of nitrogens with one attached hydrogen (secondary N) is 2. The molecule has 0 unspecified atom stereocenters. The van der Waals surface area contributed by atoms with Crippen molar-refractivity contribution >= 4 is 11.6 Å². The summed E-state index contributed by atoms with van der Waals surface area (Å²) in [5, 5.41) is 6.39. The number of aryl methyl sites for hydroxylation is 2. The second-order valence-electron chi connectivity index (χ2n) is 6.85. The molecule has 2 N–H and O–H groups in total. The first-order valence-electron chi connectivity index (χ1n) is 8.77. The van der Waals surface area contributed by atoms with Crippen LogP contribution in [0.5, 0.6) is 5.75 Å². The molecule has 0 aliphatic heterocycles. The lowest BCUT2D eigenvalue weighted by molar-refractivity contribution is -0.116. The second kappa shape index (κ2) is 9.36. The summed E-state index contributed by atoms with van der Waals surface area (Å²) >= 11 is 0. The molecular weight excluding hydrogens is 326 g/mol. The minimum absolute atomic E-state index is 0.00991. The molecule has 5 nitrogen and oxygen atoms in total. The van der Waals surface area contributed by atoms with Gasteiger partial charge in [-0.25, -0.2) is 0 Å². The molecule has 0 saturated carbocycles. The fourth-order valence-electron chi connectivity index (χ4n) is 3.06. The molecule has 26 heavy (non-hydrogen) atoms. The zero-order valence-electron chi connectivity index (χ0n) is 16.3. The predicted octanol–water partition coefficient (Wildman–Crippen LogP) is 3.10. The number of carbonyl (C=O) groups excluding carboxylic acids is 1. The molecule has 2 aromatic carbocycles. The van der Waals surface area contributed by atoms with Crippen molar-refractivity contribution < 1.29 is 9.53 Å². The first kappa shape index (κ1) is 19.9. The Bertz CT molecular complexity index is 734. The maximum Gasteiger partial charge on any atom is 0.238 e. The molecule has 0 fully saturated rings. The van der Waals surface area contributed by atoms with Gasteiger partial charge in [0.1, 0.15) is 5.75 Å². The average Bonchev–Trinajstić information content (AvgIpc) is 2.54. The number of methoxy groups -OCH3 is 1. The normalized spacial score (nSPS) is 10.8. The van der Waals surface area contributed by atoms with Crippen molar-refractivity contribution in [3.63, 3.8) is 0 Å². The first-order valence-corrected chi connectivity index (χ1v) is 8.77. The number of nitrogens with zero attached hydrogens (tertiary/aromatic N) is 1. The average molecular weight is 355 g/mol. The van der Waals surface area contributed by atoms with Crippen molar-refractivity contribution in [2.45, 2.75) is 26.9 Å². The molecule has 140 valence electrons. The van der Waals surface area contributed by atoms with Gasteiger partial charge in [-0.1, -0.05) is 24.3 Å². The van der Waals surface area contributed by atoms with Crippen LogP contribution < -0.4 is 15.4 Å². The Morgan fingerprint density at radius 3 is 2.31 bits per heavy atom. The summed E-state index contributed by atoms with van der Waals surface area (Å²) in [5.41, 5.74) is 5.49. The minimum Gasteiger partial charge on any atom is -0.496 e. The minimum atomic E-state index is -0.00991. The summed E-state index contributed by atoms with van der Waals surface area (Å²) in [5.74, 6) is 0.944. The lowest BCUT2D eigenvalue weighted by Gasteiger charge is -2.13. The number of anilines is 1. The largest absolute Gasteiger partial charge is 0.496 e. The van der Waals surface area contributed by atoms with Gasteiger partial charge < -0.3 is 20.3 Å². The Balaban J connectivity index is 1.92. The zero-order valence-corrected chi connectivity index (χ0v) is 16.3.